The quantitative estimate of drug-likeness (QED) is 0.857. The lowest BCUT2D eigenvalue weighted by Crippen LogP contribution is -2.39. The number of aryl methyl sites for hydroxylation is 1. The van der Waals surface area contributed by atoms with Gasteiger partial charge in [-0.1, -0.05) is 30.7 Å². The molecular weight excluding hydrogens is 262 g/mol. The zero-order valence-electron chi connectivity index (χ0n) is 12.5. The SMILES string of the molecule is CCC(Nc1ccc(C)cc1)C(=O)NCc1ccccn1. The monoisotopic (exact) mass is 283 g/mol. The molecule has 0 spiro atoms. The number of hydrogen-bond acceptors (Lipinski definition) is 3. The smallest absolute Gasteiger partial charge is 0.242 e. The highest BCUT2D eigenvalue weighted by molar-refractivity contribution is 5.84. The lowest BCUT2D eigenvalue weighted by Gasteiger charge is -2.18. The van der Waals surface area contributed by atoms with Crippen molar-refractivity contribution in [1.29, 1.82) is 0 Å². The molecular formula is C17H21N3O. The van der Waals surface area contributed by atoms with Gasteiger partial charge in [-0.25, -0.2) is 0 Å². The van der Waals surface area contributed by atoms with Gasteiger partial charge in [0.05, 0.1) is 12.2 Å². The van der Waals surface area contributed by atoms with Crippen LogP contribution in [0.4, 0.5) is 5.69 Å². The first-order valence-corrected chi connectivity index (χ1v) is 7.20. The molecule has 2 aromatic rings. The van der Waals surface area contributed by atoms with E-state index in [2.05, 4.69) is 15.6 Å². The normalized spacial score (nSPS) is 11.7. The first-order valence-electron chi connectivity index (χ1n) is 7.20. The van der Waals surface area contributed by atoms with Crippen molar-refractivity contribution < 1.29 is 4.79 Å². The van der Waals surface area contributed by atoms with Gasteiger partial charge in [0, 0.05) is 11.9 Å². The summed E-state index contributed by atoms with van der Waals surface area (Å²) in [6.45, 7) is 4.48. The predicted molar refractivity (Wildman–Crippen MR) is 85.0 cm³/mol. The van der Waals surface area contributed by atoms with Crippen LogP contribution in [0.25, 0.3) is 0 Å². The fourth-order valence-corrected chi connectivity index (χ4v) is 2.01. The summed E-state index contributed by atoms with van der Waals surface area (Å²) in [6, 6.07) is 13.5. The molecule has 0 aliphatic heterocycles. The molecule has 110 valence electrons. The van der Waals surface area contributed by atoms with Gasteiger partial charge >= 0.3 is 0 Å². The number of carbonyl (C=O) groups excluding carboxylic acids is 1. The fourth-order valence-electron chi connectivity index (χ4n) is 2.01. The summed E-state index contributed by atoms with van der Waals surface area (Å²) in [6.07, 6.45) is 2.45. The summed E-state index contributed by atoms with van der Waals surface area (Å²) in [4.78, 5) is 16.4. The molecule has 0 aliphatic carbocycles. The number of pyridine rings is 1. The van der Waals surface area contributed by atoms with Crippen molar-refractivity contribution in [3.05, 3.63) is 59.9 Å². The Hall–Kier alpha value is -2.36. The molecule has 21 heavy (non-hydrogen) atoms. The minimum Gasteiger partial charge on any atom is -0.374 e. The van der Waals surface area contributed by atoms with Crippen molar-refractivity contribution in [3.63, 3.8) is 0 Å². The molecule has 4 heteroatoms. The van der Waals surface area contributed by atoms with Crippen LogP contribution >= 0.6 is 0 Å². The van der Waals surface area contributed by atoms with Crippen molar-refractivity contribution in [2.75, 3.05) is 5.32 Å². The number of hydrogen-bond donors (Lipinski definition) is 2. The molecule has 2 N–H and O–H groups in total. The first kappa shape index (κ1) is 15.0. The molecule has 4 nitrogen and oxygen atoms in total. The Balaban J connectivity index is 1.90. The maximum absolute atomic E-state index is 12.2. The number of aromatic nitrogens is 1. The maximum Gasteiger partial charge on any atom is 0.242 e. The minimum atomic E-state index is -0.239. The second-order valence-electron chi connectivity index (χ2n) is 5.01. The van der Waals surface area contributed by atoms with Crippen molar-refractivity contribution in [2.45, 2.75) is 32.9 Å². The number of amides is 1. The van der Waals surface area contributed by atoms with Crippen LogP contribution in [0.3, 0.4) is 0 Å². The fraction of sp³-hybridized carbons (Fsp3) is 0.294. The average molecular weight is 283 g/mol. The zero-order valence-corrected chi connectivity index (χ0v) is 12.5. The number of rotatable bonds is 6. The van der Waals surface area contributed by atoms with E-state index in [1.807, 2.05) is 56.3 Å². The van der Waals surface area contributed by atoms with E-state index in [0.717, 1.165) is 17.8 Å². The Kier molecular flexibility index (Phi) is 5.32. The van der Waals surface area contributed by atoms with Crippen molar-refractivity contribution in [2.24, 2.45) is 0 Å². The summed E-state index contributed by atoms with van der Waals surface area (Å²) in [5.74, 6) is -0.0104. The molecule has 1 aromatic heterocycles. The number of nitrogens with zero attached hydrogens (tertiary/aromatic N) is 1. The lowest BCUT2D eigenvalue weighted by atomic mass is 10.1. The maximum atomic E-state index is 12.2. The van der Waals surface area contributed by atoms with Gasteiger partial charge in [0.1, 0.15) is 6.04 Å². The van der Waals surface area contributed by atoms with Gasteiger partial charge in [0.2, 0.25) is 5.91 Å². The Morgan fingerprint density at radius 1 is 1.19 bits per heavy atom. The van der Waals surface area contributed by atoms with Gasteiger partial charge in [-0.2, -0.15) is 0 Å². The third-order valence-corrected chi connectivity index (χ3v) is 3.29. The summed E-state index contributed by atoms with van der Waals surface area (Å²) in [7, 11) is 0. The van der Waals surface area contributed by atoms with E-state index >= 15 is 0 Å². The molecule has 0 bridgehead atoms. The highest BCUT2D eigenvalue weighted by Gasteiger charge is 2.15. The topological polar surface area (TPSA) is 54.0 Å². The second-order valence-corrected chi connectivity index (χ2v) is 5.01. The van der Waals surface area contributed by atoms with Crippen LogP contribution in [0.1, 0.15) is 24.6 Å². The average Bonchev–Trinajstić information content (AvgIpc) is 2.53. The summed E-state index contributed by atoms with van der Waals surface area (Å²) < 4.78 is 0. The standard InChI is InChI=1S/C17H21N3O/c1-3-16(20-14-9-7-13(2)8-10-14)17(21)19-12-15-6-4-5-11-18-15/h4-11,16,20H,3,12H2,1-2H3,(H,19,21). The van der Waals surface area contributed by atoms with Gasteiger partial charge in [-0.15, -0.1) is 0 Å². The van der Waals surface area contributed by atoms with Gasteiger partial charge in [-0.05, 0) is 37.6 Å². The Labute approximate surface area is 125 Å². The number of benzene rings is 1. The molecule has 0 fully saturated rings. The predicted octanol–water partition coefficient (Wildman–Crippen LogP) is 2.90. The van der Waals surface area contributed by atoms with E-state index in [0.29, 0.717) is 6.54 Å². The van der Waals surface area contributed by atoms with Crippen molar-refractivity contribution in [1.82, 2.24) is 10.3 Å². The van der Waals surface area contributed by atoms with Crippen LogP contribution in [0, 0.1) is 6.92 Å². The van der Waals surface area contributed by atoms with E-state index in [-0.39, 0.29) is 11.9 Å². The van der Waals surface area contributed by atoms with E-state index in [1.54, 1.807) is 6.20 Å². The lowest BCUT2D eigenvalue weighted by molar-refractivity contribution is -0.122. The van der Waals surface area contributed by atoms with Crippen LogP contribution < -0.4 is 10.6 Å². The van der Waals surface area contributed by atoms with E-state index < -0.39 is 0 Å². The van der Waals surface area contributed by atoms with E-state index in [9.17, 15) is 4.79 Å². The Bertz CT molecular complexity index is 566. The minimum absolute atomic E-state index is 0.0104. The molecule has 1 amide bonds. The van der Waals surface area contributed by atoms with Crippen LogP contribution in [-0.2, 0) is 11.3 Å². The zero-order chi connectivity index (χ0) is 15.1. The Morgan fingerprint density at radius 2 is 1.95 bits per heavy atom. The van der Waals surface area contributed by atoms with Gasteiger partial charge in [0.15, 0.2) is 0 Å². The van der Waals surface area contributed by atoms with Crippen molar-refractivity contribution >= 4 is 11.6 Å². The van der Waals surface area contributed by atoms with E-state index in [1.165, 1.54) is 5.56 Å². The largest absolute Gasteiger partial charge is 0.374 e. The molecule has 1 aromatic carbocycles. The summed E-state index contributed by atoms with van der Waals surface area (Å²) in [5, 5.41) is 6.18. The number of nitrogens with one attached hydrogen (secondary N) is 2. The third-order valence-electron chi connectivity index (χ3n) is 3.29. The van der Waals surface area contributed by atoms with Crippen LogP contribution in [-0.4, -0.2) is 16.9 Å². The van der Waals surface area contributed by atoms with Crippen LogP contribution in [0.5, 0.6) is 0 Å². The highest BCUT2D eigenvalue weighted by atomic mass is 16.2. The molecule has 0 aliphatic rings. The third kappa shape index (κ3) is 4.60. The van der Waals surface area contributed by atoms with Gasteiger partial charge < -0.3 is 10.6 Å². The van der Waals surface area contributed by atoms with Crippen molar-refractivity contribution in [3.8, 4) is 0 Å². The number of anilines is 1. The molecule has 1 unspecified atom stereocenters. The highest BCUT2D eigenvalue weighted by Crippen LogP contribution is 2.11. The molecule has 1 atom stereocenters. The van der Waals surface area contributed by atoms with Crippen LogP contribution in [0.15, 0.2) is 48.7 Å². The second kappa shape index (κ2) is 7.43. The molecule has 1 heterocycles. The molecule has 0 saturated heterocycles. The van der Waals surface area contributed by atoms with Gasteiger partial charge in [-0.3, -0.25) is 9.78 Å². The van der Waals surface area contributed by atoms with E-state index in [4.69, 9.17) is 0 Å². The molecule has 0 saturated carbocycles. The summed E-state index contributed by atoms with van der Waals surface area (Å²) in [5.41, 5.74) is 3.02. The molecule has 2 rings (SSSR count). The summed E-state index contributed by atoms with van der Waals surface area (Å²) >= 11 is 0. The Morgan fingerprint density at radius 3 is 2.57 bits per heavy atom. The van der Waals surface area contributed by atoms with Gasteiger partial charge in [0.25, 0.3) is 0 Å². The molecule has 0 radical (unpaired) electrons. The number of carbonyl (C=O) groups is 1. The van der Waals surface area contributed by atoms with Crippen LogP contribution in [0.2, 0.25) is 0 Å². The first-order chi connectivity index (χ1) is 10.2.